The van der Waals surface area contributed by atoms with E-state index in [1.165, 1.54) is 23.8 Å². The van der Waals surface area contributed by atoms with Crippen LogP contribution in [-0.4, -0.2) is 57.8 Å². The van der Waals surface area contributed by atoms with Crippen LogP contribution in [0.2, 0.25) is 0 Å². The lowest BCUT2D eigenvalue weighted by Gasteiger charge is -2.24. The van der Waals surface area contributed by atoms with E-state index in [0.29, 0.717) is 4.64 Å². The first-order valence-electron chi connectivity index (χ1n) is 10.8. The number of para-hydroxylation sites is 1. The molecule has 3 N–H and O–H groups in total. The van der Waals surface area contributed by atoms with Gasteiger partial charge in [0.2, 0.25) is 0 Å². The average Bonchev–Trinajstić information content (AvgIpc) is 3.06. The SMILES string of the molecule is CC(C)OC(=O)[C@H](C)NP(=O)(OC[C@H]1O[C@@H](n2ccc(=S)[nH]c2=S)[C@@H](O)[C@H]1F)Oc1ccccc1. The van der Waals surface area contributed by atoms with E-state index in [4.69, 9.17) is 43.0 Å². The predicted molar refractivity (Wildman–Crippen MR) is 130 cm³/mol. The fraction of sp³-hybridized carbons (Fsp3) is 0.476. The molecule has 1 aromatic carbocycles. The first kappa shape index (κ1) is 27.6. The molecule has 0 amide bonds. The van der Waals surface area contributed by atoms with Crippen LogP contribution in [0.15, 0.2) is 42.6 Å². The molecule has 1 fully saturated rings. The van der Waals surface area contributed by atoms with Gasteiger partial charge in [0, 0.05) is 6.20 Å². The van der Waals surface area contributed by atoms with Crippen molar-refractivity contribution in [3.8, 4) is 5.75 Å². The Morgan fingerprint density at radius 2 is 1.97 bits per heavy atom. The molecule has 6 atom stereocenters. The van der Waals surface area contributed by atoms with Crippen LogP contribution in [0.25, 0.3) is 0 Å². The minimum atomic E-state index is -4.23. The molecule has 1 saturated heterocycles. The van der Waals surface area contributed by atoms with E-state index in [1.54, 1.807) is 44.2 Å². The molecule has 192 valence electrons. The quantitative estimate of drug-likeness (QED) is 0.228. The number of nitrogens with one attached hydrogen (secondary N) is 2. The number of halogens is 1. The van der Waals surface area contributed by atoms with Crippen molar-refractivity contribution in [3.63, 3.8) is 0 Å². The highest BCUT2D eigenvalue weighted by molar-refractivity contribution is 7.72. The van der Waals surface area contributed by atoms with Crippen molar-refractivity contribution in [3.05, 3.63) is 52.0 Å². The third kappa shape index (κ3) is 7.26. The van der Waals surface area contributed by atoms with Gasteiger partial charge in [-0.1, -0.05) is 30.4 Å². The van der Waals surface area contributed by atoms with E-state index in [2.05, 4.69) is 10.1 Å². The number of nitrogens with zero attached hydrogens (tertiary/aromatic N) is 1. The summed E-state index contributed by atoms with van der Waals surface area (Å²) in [5.41, 5.74) is 0. The lowest BCUT2D eigenvalue weighted by atomic mass is 10.1. The third-order valence-corrected chi connectivity index (χ3v) is 7.04. The maximum atomic E-state index is 14.9. The van der Waals surface area contributed by atoms with Crippen molar-refractivity contribution in [2.45, 2.75) is 57.5 Å². The fourth-order valence-electron chi connectivity index (χ4n) is 3.21. The largest absolute Gasteiger partial charge is 0.462 e. The van der Waals surface area contributed by atoms with Gasteiger partial charge in [-0.2, -0.15) is 5.09 Å². The summed E-state index contributed by atoms with van der Waals surface area (Å²) < 4.78 is 52.0. The maximum Gasteiger partial charge on any atom is 0.459 e. The molecular weight excluding hydrogens is 520 g/mol. The number of H-pyrrole nitrogens is 1. The van der Waals surface area contributed by atoms with E-state index in [1.807, 2.05) is 0 Å². The molecule has 0 saturated carbocycles. The average molecular weight is 548 g/mol. The standard InChI is InChI=1S/C21H27FN3O7PS2/c1-12(2)30-20(27)13(3)24-33(28,32-14-7-5-4-6-8-14)29-11-15-17(22)18(26)19(31-15)25-10-9-16(34)23-21(25)35/h4-10,12-13,15,17-19,26H,11H2,1-3H3,(H,24,28)(H,23,34,35)/t13-,15+,17-,18-,19+,33?/m0/s1. The van der Waals surface area contributed by atoms with Crippen molar-refractivity contribution in [1.82, 2.24) is 14.6 Å². The summed E-state index contributed by atoms with van der Waals surface area (Å²) in [4.78, 5) is 15.0. The number of benzene rings is 1. The van der Waals surface area contributed by atoms with Gasteiger partial charge in [-0.25, -0.2) is 8.96 Å². The Morgan fingerprint density at radius 1 is 1.29 bits per heavy atom. The summed E-state index contributed by atoms with van der Waals surface area (Å²) in [6.07, 6.45) is -4.87. The number of rotatable bonds is 10. The normalized spacial score (nSPS) is 24.6. The summed E-state index contributed by atoms with van der Waals surface area (Å²) in [7, 11) is -4.23. The molecule has 2 aromatic rings. The molecule has 1 aliphatic rings. The van der Waals surface area contributed by atoms with Crippen LogP contribution in [0.4, 0.5) is 4.39 Å². The third-order valence-electron chi connectivity index (χ3n) is 4.85. The van der Waals surface area contributed by atoms with Gasteiger partial charge >= 0.3 is 13.7 Å². The van der Waals surface area contributed by atoms with E-state index < -0.39 is 57.1 Å². The summed E-state index contributed by atoms with van der Waals surface area (Å²) in [6.45, 7) is 4.22. The number of esters is 1. The number of alkyl halides is 1. The van der Waals surface area contributed by atoms with E-state index in [-0.39, 0.29) is 10.5 Å². The van der Waals surface area contributed by atoms with Gasteiger partial charge in [-0.05, 0) is 51.2 Å². The van der Waals surface area contributed by atoms with Crippen molar-refractivity contribution < 1.29 is 37.4 Å². The van der Waals surface area contributed by atoms with Gasteiger partial charge in [0.25, 0.3) is 0 Å². The highest BCUT2D eigenvalue weighted by atomic mass is 32.1. The van der Waals surface area contributed by atoms with Gasteiger partial charge in [-0.3, -0.25) is 13.9 Å². The number of hydrogen-bond donors (Lipinski definition) is 3. The molecule has 2 heterocycles. The fourth-order valence-corrected chi connectivity index (χ4v) is 5.21. The zero-order valence-electron chi connectivity index (χ0n) is 19.2. The van der Waals surface area contributed by atoms with Crippen LogP contribution in [0.3, 0.4) is 0 Å². The van der Waals surface area contributed by atoms with Crippen LogP contribution in [0.5, 0.6) is 5.75 Å². The van der Waals surface area contributed by atoms with Crippen LogP contribution < -0.4 is 9.61 Å². The minimum absolute atomic E-state index is 0.132. The molecule has 1 aliphatic heterocycles. The molecule has 1 unspecified atom stereocenters. The van der Waals surface area contributed by atoms with E-state index >= 15 is 0 Å². The number of carbonyl (C=O) groups is 1. The van der Waals surface area contributed by atoms with Gasteiger partial charge in [0.15, 0.2) is 17.2 Å². The molecule has 3 rings (SSSR count). The highest BCUT2D eigenvalue weighted by Gasteiger charge is 2.46. The Bertz CT molecular complexity index is 1180. The van der Waals surface area contributed by atoms with Crippen LogP contribution in [0, 0.1) is 9.41 Å². The van der Waals surface area contributed by atoms with Crippen molar-refractivity contribution in [1.29, 1.82) is 0 Å². The summed E-state index contributed by atoms with van der Waals surface area (Å²) in [5, 5.41) is 12.9. The summed E-state index contributed by atoms with van der Waals surface area (Å²) >= 11 is 10.2. The van der Waals surface area contributed by atoms with Gasteiger partial charge < -0.3 is 24.1 Å². The van der Waals surface area contributed by atoms with Crippen LogP contribution in [0.1, 0.15) is 27.0 Å². The first-order chi connectivity index (χ1) is 16.5. The lowest BCUT2D eigenvalue weighted by Crippen LogP contribution is -2.37. The van der Waals surface area contributed by atoms with Crippen LogP contribution >= 0.6 is 32.2 Å². The number of aliphatic hydroxyl groups is 1. The number of aromatic amines is 1. The van der Waals surface area contributed by atoms with Gasteiger partial charge in [0.05, 0.1) is 12.7 Å². The minimum Gasteiger partial charge on any atom is -0.462 e. The lowest BCUT2D eigenvalue weighted by molar-refractivity contribution is -0.149. The Balaban J connectivity index is 1.75. The Labute approximate surface area is 212 Å². The second kappa shape index (κ2) is 11.8. The second-order valence-corrected chi connectivity index (χ2v) is 10.6. The first-order valence-corrected chi connectivity index (χ1v) is 13.1. The molecule has 1 aromatic heterocycles. The molecule has 0 aliphatic carbocycles. The molecule has 0 spiro atoms. The van der Waals surface area contributed by atoms with Crippen molar-refractivity contribution >= 4 is 38.2 Å². The highest BCUT2D eigenvalue weighted by Crippen LogP contribution is 2.46. The number of aliphatic hydroxyl groups excluding tert-OH is 1. The molecule has 10 nitrogen and oxygen atoms in total. The van der Waals surface area contributed by atoms with Crippen molar-refractivity contribution in [2.75, 3.05) is 6.61 Å². The number of aromatic nitrogens is 2. The van der Waals surface area contributed by atoms with E-state index in [0.717, 1.165) is 0 Å². The molecule has 0 radical (unpaired) electrons. The Kier molecular flexibility index (Phi) is 9.33. The molecule has 14 heteroatoms. The van der Waals surface area contributed by atoms with Crippen molar-refractivity contribution in [2.24, 2.45) is 0 Å². The molecule has 35 heavy (non-hydrogen) atoms. The number of ether oxygens (including phenoxy) is 2. The van der Waals surface area contributed by atoms with Crippen LogP contribution in [-0.2, 0) is 23.4 Å². The zero-order chi connectivity index (χ0) is 25.8. The summed E-state index contributed by atoms with van der Waals surface area (Å²) in [5.74, 6) is -0.479. The Hall–Kier alpha value is -1.99. The van der Waals surface area contributed by atoms with Gasteiger partial charge in [-0.15, -0.1) is 0 Å². The monoisotopic (exact) mass is 547 g/mol. The topological polar surface area (TPSA) is 124 Å². The molecule has 0 bridgehead atoms. The second-order valence-electron chi connectivity index (χ2n) is 8.05. The van der Waals surface area contributed by atoms with Gasteiger partial charge in [0.1, 0.15) is 28.6 Å². The molecular formula is C21H27FN3O7PS2. The predicted octanol–water partition coefficient (Wildman–Crippen LogP) is 4.00. The number of hydrogen-bond acceptors (Lipinski definition) is 9. The smallest absolute Gasteiger partial charge is 0.459 e. The zero-order valence-corrected chi connectivity index (χ0v) is 21.7. The Morgan fingerprint density at radius 3 is 2.60 bits per heavy atom. The maximum absolute atomic E-state index is 14.9. The number of carbonyl (C=O) groups excluding carboxylic acids is 1. The summed E-state index contributed by atoms with van der Waals surface area (Å²) in [6, 6.07) is 8.58. The van der Waals surface area contributed by atoms with E-state index in [9.17, 15) is 18.9 Å².